The van der Waals surface area contributed by atoms with E-state index in [1.54, 1.807) is 12.1 Å². The zero-order valence-electron chi connectivity index (χ0n) is 15.0. The van der Waals surface area contributed by atoms with Crippen molar-refractivity contribution in [2.24, 2.45) is 11.8 Å². The molecule has 2 aromatic rings. The molecule has 4 nitrogen and oxygen atoms in total. The van der Waals surface area contributed by atoms with Crippen LogP contribution in [0.3, 0.4) is 0 Å². The molecule has 2 atom stereocenters. The fourth-order valence-corrected chi connectivity index (χ4v) is 4.90. The Balaban J connectivity index is 1.30. The van der Waals surface area contributed by atoms with E-state index in [1.807, 2.05) is 18.2 Å². The van der Waals surface area contributed by atoms with Gasteiger partial charge in [0.05, 0.1) is 5.60 Å². The molecule has 26 heavy (non-hydrogen) atoms. The van der Waals surface area contributed by atoms with Crippen LogP contribution in [0, 0.1) is 11.8 Å². The fraction of sp³-hybridized carbons (Fsp3) is 0.455. The van der Waals surface area contributed by atoms with Crippen molar-refractivity contribution in [2.45, 2.75) is 31.3 Å². The quantitative estimate of drug-likeness (QED) is 0.773. The van der Waals surface area contributed by atoms with Crippen molar-refractivity contribution in [1.29, 1.82) is 0 Å². The van der Waals surface area contributed by atoms with Crippen LogP contribution in [0.4, 0.5) is 0 Å². The van der Waals surface area contributed by atoms with Crippen molar-refractivity contribution in [3.8, 4) is 11.5 Å². The first-order chi connectivity index (χ1) is 12.5. The Kier molecular flexibility index (Phi) is 4.63. The summed E-state index contributed by atoms with van der Waals surface area (Å²) in [5.74, 6) is 1.40. The second-order valence-corrected chi connectivity index (χ2v) is 8.14. The number of nitrogens with zero attached hydrogens (tertiary/aromatic N) is 1. The molecule has 1 aliphatic heterocycles. The summed E-state index contributed by atoms with van der Waals surface area (Å²) in [6.07, 6.45) is 3.29. The first-order valence-corrected chi connectivity index (χ1v) is 9.50. The third kappa shape index (κ3) is 3.71. The fourth-order valence-electron chi connectivity index (χ4n) is 4.90. The van der Waals surface area contributed by atoms with Gasteiger partial charge in [-0.3, -0.25) is 0 Å². The maximum absolute atomic E-state index is 11.0. The Bertz CT molecular complexity index is 747. The summed E-state index contributed by atoms with van der Waals surface area (Å²) in [5.41, 5.74) is 1.54. The highest BCUT2D eigenvalue weighted by atomic mass is 16.3. The van der Waals surface area contributed by atoms with Gasteiger partial charge in [-0.25, -0.2) is 0 Å². The first-order valence-electron chi connectivity index (χ1n) is 9.50. The molecule has 138 valence electrons. The van der Waals surface area contributed by atoms with Crippen LogP contribution < -0.4 is 0 Å². The summed E-state index contributed by atoms with van der Waals surface area (Å²) in [6.45, 7) is 2.96. The van der Waals surface area contributed by atoms with Crippen LogP contribution in [0.15, 0.2) is 48.5 Å². The van der Waals surface area contributed by atoms with Gasteiger partial charge in [0.25, 0.3) is 0 Å². The Labute approximate surface area is 154 Å². The largest absolute Gasteiger partial charge is 0.508 e. The lowest BCUT2D eigenvalue weighted by Crippen LogP contribution is -2.32. The van der Waals surface area contributed by atoms with Gasteiger partial charge in [-0.05, 0) is 48.3 Å². The van der Waals surface area contributed by atoms with E-state index in [4.69, 9.17) is 0 Å². The van der Waals surface area contributed by atoms with E-state index >= 15 is 0 Å². The maximum atomic E-state index is 11.0. The van der Waals surface area contributed by atoms with Crippen LogP contribution in [0.5, 0.6) is 11.5 Å². The van der Waals surface area contributed by atoms with Crippen LogP contribution in [-0.4, -0.2) is 45.5 Å². The van der Waals surface area contributed by atoms with E-state index in [2.05, 4.69) is 17.0 Å². The lowest BCUT2D eigenvalue weighted by molar-refractivity contribution is 0.0355. The third-order valence-electron chi connectivity index (χ3n) is 6.08. The Hall–Kier alpha value is -2.04. The standard InChI is InChI=1S/C22H27NO3/c24-20-7-6-17(21(25)10-20)8-9-23-14-18-12-22(26,13-19(18)15-23)11-16-4-2-1-3-5-16/h1-7,10,18-19,24-26H,8-9,11-15H2/t18-,19-/m1/s1. The summed E-state index contributed by atoms with van der Waals surface area (Å²) >= 11 is 0. The second-order valence-electron chi connectivity index (χ2n) is 8.14. The van der Waals surface area contributed by atoms with Gasteiger partial charge in [0.15, 0.2) is 0 Å². The van der Waals surface area contributed by atoms with Gasteiger partial charge < -0.3 is 20.2 Å². The van der Waals surface area contributed by atoms with Gasteiger partial charge in [-0.15, -0.1) is 0 Å². The van der Waals surface area contributed by atoms with Gasteiger partial charge in [0.1, 0.15) is 11.5 Å². The van der Waals surface area contributed by atoms with Crippen LogP contribution in [0.25, 0.3) is 0 Å². The lowest BCUT2D eigenvalue weighted by Gasteiger charge is -2.26. The number of benzene rings is 2. The van der Waals surface area contributed by atoms with E-state index < -0.39 is 5.60 Å². The van der Waals surface area contributed by atoms with Gasteiger partial charge >= 0.3 is 0 Å². The molecule has 1 aliphatic carbocycles. The molecule has 1 saturated carbocycles. The van der Waals surface area contributed by atoms with Crippen LogP contribution in [0.1, 0.15) is 24.0 Å². The van der Waals surface area contributed by atoms with Crippen LogP contribution >= 0.6 is 0 Å². The molecule has 0 aromatic heterocycles. The predicted molar refractivity (Wildman–Crippen MR) is 101 cm³/mol. The molecule has 0 spiro atoms. The third-order valence-corrected chi connectivity index (χ3v) is 6.08. The molecule has 4 rings (SSSR count). The summed E-state index contributed by atoms with van der Waals surface area (Å²) in [4.78, 5) is 2.45. The summed E-state index contributed by atoms with van der Waals surface area (Å²) in [6, 6.07) is 15.1. The molecule has 1 saturated heterocycles. The number of likely N-dealkylation sites (tertiary alicyclic amines) is 1. The monoisotopic (exact) mass is 353 g/mol. The second kappa shape index (κ2) is 6.93. The Morgan fingerprint density at radius 2 is 1.65 bits per heavy atom. The molecule has 1 heterocycles. The number of hydrogen-bond acceptors (Lipinski definition) is 4. The number of hydrogen-bond donors (Lipinski definition) is 3. The van der Waals surface area contributed by atoms with Crippen molar-refractivity contribution in [2.75, 3.05) is 19.6 Å². The molecule has 2 aromatic carbocycles. The zero-order chi connectivity index (χ0) is 18.1. The number of phenolic OH excluding ortho intramolecular Hbond substituents is 2. The van der Waals surface area contributed by atoms with Crippen molar-refractivity contribution < 1.29 is 15.3 Å². The molecule has 2 fully saturated rings. The molecule has 0 amide bonds. The normalized spacial score (nSPS) is 24.7. The van der Waals surface area contributed by atoms with Crippen molar-refractivity contribution in [3.05, 3.63) is 59.7 Å². The summed E-state index contributed by atoms with van der Waals surface area (Å²) < 4.78 is 0. The van der Waals surface area contributed by atoms with Gasteiger partial charge in [0.2, 0.25) is 0 Å². The Morgan fingerprint density at radius 1 is 0.962 bits per heavy atom. The number of phenols is 2. The van der Waals surface area contributed by atoms with Crippen LogP contribution in [0.2, 0.25) is 0 Å². The minimum absolute atomic E-state index is 0.0969. The lowest BCUT2D eigenvalue weighted by atomic mass is 9.91. The van der Waals surface area contributed by atoms with E-state index in [-0.39, 0.29) is 11.5 Å². The topological polar surface area (TPSA) is 63.9 Å². The number of aliphatic hydroxyl groups is 1. The average molecular weight is 353 g/mol. The molecule has 2 aliphatic rings. The molecular weight excluding hydrogens is 326 g/mol. The van der Waals surface area contributed by atoms with Gasteiger partial charge in [-0.2, -0.15) is 0 Å². The highest BCUT2D eigenvalue weighted by molar-refractivity contribution is 5.39. The van der Waals surface area contributed by atoms with E-state index in [0.29, 0.717) is 11.8 Å². The molecule has 3 N–H and O–H groups in total. The minimum Gasteiger partial charge on any atom is -0.508 e. The smallest absolute Gasteiger partial charge is 0.122 e. The molecular formula is C22H27NO3. The van der Waals surface area contributed by atoms with E-state index in [9.17, 15) is 15.3 Å². The van der Waals surface area contributed by atoms with E-state index in [1.165, 1.54) is 11.6 Å². The highest BCUT2D eigenvalue weighted by Gasteiger charge is 2.47. The average Bonchev–Trinajstić information content (AvgIpc) is 3.09. The Morgan fingerprint density at radius 3 is 2.31 bits per heavy atom. The van der Waals surface area contributed by atoms with Crippen molar-refractivity contribution in [3.63, 3.8) is 0 Å². The minimum atomic E-state index is -0.558. The SMILES string of the molecule is Oc1ccc(CCN2C[C@H]3CC(O)(Cc4ccccc4)C[C@@H]3C2)c(O)c1. The van der Waals surface area contributed by atoms with Crippen molar-refractivity contribution in [1.82, 2.24) is 4.90 Å². The van der Waals surface area contributed by atoms with Crippen LogP contribution in [-0.2, 0) is 12.8 Å². The predicted octanol–water partition coefficient (Wildman–Crippen LogP) is 2.96. The van der Waals surface area contributed by atoms with E-state index in [0.717, 1.165) is 50.9 Å². The summed E-state index contributed by atoms with van der Waals surface area (Å²) in [7, 11) is 0. The highest BCUT2D eigenvalue weighted by Crippen LogP contribution is 2.45. The molecule has 4 heteroatoms. The van der Waals surface area contributed by atoms with Gasteiger partial charge in [0, 0.05) is 32.1 Å². The maximum Gasteiger partial charge on any atom is 0.122 e. The molecule has 0 unspecified atom stereocenters. The number of rotatable bonds is 5. The van der Waals surface area contributed by atoms with Crippen molar-refractivity contribution >= 4 is 0 Å². The number of aromatic hydroxyl groups is 2. The van der Waals surface area contributed by atoms with Gasteiger partial charge in [-0.1, -0.05) is 36.4 Å². The first kappa shape index (κ1) is 17.4. The zero-order valence-corrected chi connectivity index (χ0v) is 15.0. The molecule has 0 bridgehead atoms. The number of fused-ring (bicyclic) bond motifs is 1. The summed E-state index contributed by atoms with van der Waals surface area (Å²) in [5, 5.41) is 30.3. The molecule has 0 radical (unpaired) electrons.